The minimum absolute atomic E-state index is 0.0377. The normalized spacial score (nSPS) is 21.1. The highest BCUT2D eigenvalue weighted by Gasteiger charge is 2.46. The van der Waals surface area contributed by atoms with Gasteiger partial charge in [-0.15, -0.1) is 0 Å². The maximum atomic E-state index is 11.4. The first-order valence-electron chi connectivity index (χ1n) is 8.36. The summed E-state index contributed by atoms with van der Waals surface area (Å²) in [6.45, 7) is 13.0. The molecule has 0 bridgehead atoms. The molecule has 1 saturated heterocycles. The minimum Gasteiger partial charge on any atom is -0.353 e. The van der Waals surface area contributed by atoms with E-state index in [1.807, 2.05) is 0 Å². The van der Waals surface area contributed by atoms with E-state index in [9.17, 15) is 4.79 Å². The van der Waals surface area contributed by atoms with Crippen LogP contribution in [0.2, 0.25) is 0 Å². The number of aryl methyl sites for hydroxylation is 1. The van der Waals surface area contributed by atoms with Crippen molar-refractivity contribution < 1.29 is 9.63 Å². The molecule has 0 radical (unpaired) electrons. The van der Waals surface area contributed by atoms with Crippen LogP contribution in [0.15, 0.2) is 24.3 Å². The van der Waals surface area contributed by atoms with E-state index in [1.165, 1.54) is 11.1 Å². The van der Waals surface area contributed by atoms with Crippen molar-refractivity contribution in [3.05, 3.63) is 35.4 Å². The third-order valence-corrected chi connectivity index (χ3v) is 4.44. The summed E-state index contributed by atoms with van der Waals surface area (Å²) in [6.07, 6.45) is 1.76. The van der Waals surface area contributed by atoms with Crippen LogP contribution in [0.4, 0.5) is 0 Å². The van der Waals surface area contributed by atoms with Gasteiger partial charge in [0, 0.05) is 24.0 Å². The lowest BCUT2D eigenvalue weighted by Gasteiger charge is -2.53. The topological polar surface area (TPSA) is 41.6 Å². The second kappa shape index (κ2) is 6.62. The van der Waals surface area contributed by atoms with Crippen molar-refractivity contribution in [2.75, 3.05) is 0 Å². The molecule has 1 aliphatic heterocycles. The molecule has 2 rings (SSSR count). The number of carbonyl (C=O) groups excluding carboxylic acids is 1. The zero-order valence-electron chi connectivity index (χ0n) is 15.3. The van der Waals surface area contributed by atoms with E-state index >= 15 is 0 Å². The number of amides is 1. The summed E-state index contributed by atoms with van der Waals surface area (Å²) in [6, 6.07) is 8.60. The third kappa shape index (κ3) is 4.55. The Morgan fingerprint density at radius 2 is 1.87 bits per heavy atom. The van der Waals surface area contributed by atoms with Crippen molar-refractivity contribution in [1.29, 1.82) is 0 Å². The van der Waals surface area contributed by atoms with Crippen molar-refractivity contribution in [2.24, 2.45) is 0 Å². The molecule has 1 N–H and O–H groups in total. The van der Waals surface area contributed by atoms with E-state index in [-0.39, 0.29) is 23.0 Å². The van der Waals surface area contributed by atoms with Gasteiger partial charge in [-0.05, 0) is 53.0 Å². The molecule has 1 aromatic rings. The number of rotatable bonds is 4. The fourth-order valence-electron chi connectivity index (χ4n) is 3.94. The molecule has 0 unspecified atom stereocenters. The highest BCUT2D eigenvalue weighted by Crippen LogP contribution is 2.39. The Hall–Kier alpha value is -1.39. The summed E-state index contributed by atoms with van der Waals surface area (Å²) in [5, 5.41) is 5.20. The molecule has 0 atom stereocenters. The largest absolute Gasteiger partial charge is 0.353 e. The predicted molar refractivity (Wildman–Crippen MR) is 92.8 cm³/mol. The fraction of sp³-hybridized carbons (Fsp3) is 0.632. The lowest BCUT2D eigenvalue weighted by molar-refractivity contribution is -0.291. The Bertz CT molecular complexity index is 548. The molecule has 0 aromatic heterocycles. The Labute approximate surface area is 140 Å². The zero-order chi connectivity index (χ0) is 17.3. The first kappa shape index (κ1) is 18.0. The quantitative estimate of drug-likeness (QED) is 0.922. The van der Waals surface area contributed by atoms with Gasteiger partial charge in [0.25, 0.3) is 0 Å². The Kier molecular flexibility index (Phi) is 5.17. The smallest absolute Gasteiger partial charge is 0.217 e. The van der Waals surface area contributed by atoms with Crippen molar-refractivity contribution in [3.8, 4) is 0 Å². The summed E-state index contributed by atoms with van der Waals surface area (Å²) in [5.41, 5.74) is 2.15. The highest BCUT2D eigenvalue weighted by atomic mass is 16.7. The van der Waals surface area contributed by atoms with Crippen molar-refractivity contribution in [1.82, 2.24) is 10.4 Å². The van der Waals surface area contributed by atoms with Gasteiger partial charge in [0.2, 0.25) is 5.91 Å². The van der Waals surface area contributed by atoms with Crippen LogP contribution in [0.3, 0.4) is 0 Å². The molecule has 1 aliphatic rings. The highest BCUT2D eigenvalue weighted by molar-refractivity contribution is 5.73. The van der Waals surface area contributed by atoms with Crippen LogP contribution in [0, 0.1) is 6.92 Å². The average molecular weight is 318 g/mol. The van der Waals surface area contributed by atoms with Gasteiger partial charge in [0.1, 0.15) is 0 Å². The van der Waals surface area contributed by atoms with Crippen LogP contribution >= 0.6 is 0 Å². The monoisotopic (exact) mass is 318 g/mol. The van der Waals surface area contributed by atoms with E-state index in [0.717, 1.165) is 12.8 Å². The molecule has 0 saturated carbocycles. The molecule has 0 spiro atoms. The SMILES string of the molecule is CC(=O)NC1CC(C)(C)N(OCc2cccc(C)c2)C(C)(C)C1. The van der Waals surface area contributed by atoms with Crippen LogP contribution in [0.5, 0.6) is 0 Å². The summed E-state index contributed by atoms with van der Waals surface area (Å²) in [4.78, 5) is 17.6. The first-order valence-corrected chi connectivity index (χ1v) is 8.36. The van der Waals surface area contributed by atoms with Crippen molar-refractivity contribution in [2.45, 2.75) is 78.1 Å². The van der Waals surface area contributed by atoms with Crippen LogP contribution in [0.1, 0.15) is 58.6 Å². The number of carbonyl (C=O) groups is 1. The second-order valence-corrected chi connectivity index (χ2v) is 7.99. The number of hydrogen-bond donors (Lipinski definition) is 1. The van der Waals surface area contributed by atoms with E-state index in [2.05, 4.69) is 69.3 Å². The van der Waals surface area contributed by atoms with Gasteiger partial charge < -0.3 is 5.32 Å². The number of benzene rings is 1. The lowest BCUT2D eigenvalue weighted by atomic mass is 9.79. The summed E-state index contributed by atoms with van der Waals surface area (Å²) >= 11 is 0. The summed E-state index contributed by atoms with van der Waals surface area (Å²) in [7, 11) is 0. The number of nitrogens with one attached hydrogen (secondary N) is 1. The maximum absolute atomic E-state index is 11.4. The molecule has 1 aromatic carbocycles. The second-order valence-electron chi connectivity index (χ2n) is 7.99. The standard InChI is InChI=1S/C19H30N2O2/c1-14-8-7-9-16(10-14)13-23-21-18(3,4)11-17(20-15(2)22)12-19(21,5)6/h7-10,17H,11-13H2,1-6H3,(H,20,22). The molecule has 23 heavy (non-hydrogen) atoms. The van der Waals surface area contributed by atoms with Gasteiger partial charge in [-0.1, -0.05) is 29.8 Å². The Balaban J connectivity index is 2.09. The first-order chi connectivity index (χ1) is 10.6. The zero-order valence-corrected chi connectivity index (χ0v) is 15.3. The average Bonchev–Trinajstić information content (AvgIpc) is 2.34. The summed E-state index contributed by atoms with van der Waals surface area (Å²) in [5.74, 6) is 0.0377. The van der Waals surface area contributed by atoms with Crippen LogP contribution in [-0.4, -0.2) is 28.1 Å². The van der Waals surface area contributed by atoms with Crippen LogP contribution in [0.25, 0.3) is 0 Å². The molecular formula is C19H30N2O2. The van der Waals surface area contributed by atoms with Crippen LogP contribution in [-0.2, 0) is 16.2 Å². The number of hydroxylamine groups is 2. The van der Waals surface area contributed by atoms with E-state index in [1.54, 1.807) is 6.92 Å². The van der Waals surface area contributed by atoms with Gasteiger partial charge >= 0.3 is 0 Å². The van der Waals surface area contributed by atoms with Gasteiger partial charge in [-0.25, -0.2) is 0 Å². The number of hydrogen-bond acceptors (Lipinski definition) is 3. The molecular weight excluding hydrogens is 288 g/mol. The molecule has 1 heterocycles. The van der Waals surface area contributed by atoms with Crippen molar-refractivity contribution in [3.63, 3.8) is 0 Å². The minimum atomic E-state index is -0.140. The Morgan fingerprint density at radius 3 is 2.39 bits per heavy atom. The number of nitrogens with zero attached hydrogens (tertiary/aromatic N) is 1. The van der Waals surface area contributed by atoms with E-state index < -0.39 is 0 Å². The summed E-state index contributed by atoms with van der Waals surface area (Å²) < 4.78 is 0. The maximum Gasteiger partial charge on any atom is 0.217 e. The van der Waals surface area contributed by atoms with Crippen molar-refractivity contribution >= 4 is 5.91 Å². The molecule has 1 amide bonds. The van der Waals surface area contributed by atoms with E-state index in [0.29, 0.717) is 6.61 Å². The lowest BCUT2D eigenvalue weighted by Crippen LogP contribution is -2.63. The molecule has 4 heteroatoms. The molecule has 4 nitrogen and oxygen atoms in total. The van der Waals surface area contributed by atoms with Gasteiger partial charge in [0.15, 0.2) is 0 Å². The molecule has 0 aliphatic carbocycles. The molecule has 1 fully saturated rings. The fourth-order valence-corrected chi connectivity index (χ4v) is 3.94. The predicted octanol–water partition coefficient (Wildman–Crippen LogP) is 3.58. The van der Waals surface area contributed by atoms with Gasteiger partial charge in [0.05, 0.1) is 6.61 Å². The van der Waals surface area contributed by atoms with E-state index in [4.69, 9.17) is 4.84 Å². The number of piperidine rings is 1. The van der Waals surface area contributed by atoms with Gasteiger partial charge in [-0.2, -0.15) is 5.06 Å². The van der Waals surface area contributed by atoms with Crippen LogP contribution < -0.4 is 5.32 Å². The Morgan fingerprint density at radius 1 is 1.26 bits per heavy atom. The third-order valence-electron chi connectivity index (χ3n) is 4.44. The molecule has 128 valence electrons. The van der Waals surface area contributed by atoms with Gasteiger partial charge in [-0.3, -0.25) is 9.63 Å².